The van der Waals surface area contributed by atoms with E-state index in [4.69, 9.17) is 14.2 Å². The Balaban J connectivity index is 0.00000341. The minimum atomic E-state index is -0.0736. The molecule has 0 aliphatic carbocycles. The highest BCUT2D eigenvalue weighted by atomic mass is 79.9. The summed E-state index contributed by atoms with van der Waals surface area (Å²) in [5, 5.41) is 3.48. The molecule has 0 bridgehead atoms. The number of halogens is 2. The van der Waals surface area contributed by atoms with Crippen LogP contribution < -0.4 is 14.8 Å². The minimum Gasteiger partial charge on any atom is -0.493 e. The lowest BCUT2D eigenvalue weighted by molar-refractivity contribution is 0.0374. The molecule has 6 nitrogen and oxygen atoms in total. The van der Waals surface area contributed by atoms with Crippen molar-refractivity contribution in [3.63, 3.8) is 0 Å². The van der Waals surface area contributed by atoms with Gasteiger partial charge in [-0.15, -0.1) is 12.4 Å². The standard InChI is InChI=1S/C23H29BrN2O4.ClH/c1-28-22-15-18(16-25-8-5-9-26-10-12-29-13-11-26)14-20(24)23(22)30-17-21(27)19-6-3-2-4-7-19;/h2-4,6-7,14-15,25H,5,8-13,16-17H2,1H3;1H. The first-order valence-corrected chi connectivity index (χ1v) is 11.0. The molecular weight excluding hydrogens is 484 g/mol. The molecule has 2 aromatic rings. The minimum absolute atomic E-state index is 0. The average Bonchev–Trinajstić information content (AvgIpc) is 2.79. The molecule has 0 spiro atoms. The highest BCUT2D eigenvalue weighted by Gasteiger charge is 2.14. The lowest BCUT2D eigenvalue weighted by Gasteiger charge is -2.26. The molecule has 1 aliphatic rings. The van der Waals surface area contributed by atoms with Crippen LogP contribution in [0.25, 0.3) is 0 Å². The van der Waals surface area contributed by atoms with Crippen molar-refractivity contribution >= 4 is 34.1 Å². The fraction of sp³-hybridized carbons (Fsp3) is 0.435. The van der Waals surface area contributed by atoms with E-state index in [-0.39, 0.29) is 24.8 Å². The molecule has 1 heterocycles. The van der Waals surface area contributed by atoms with Crippen LogP contribution in [0, 0.1) is 0 Å². The number of ether oxygens (including phenoxy) is 3. The first-order valence-electron chi connectivity index (χ1n) is 10.3. The van der Waals surface area contributed by atoms with Gasteiger partial charge in [-0.05, 0) is 53.1 Å². The van der Waals surface area contributed by atoms with Crippen LogP contribution in [0.15, 0.2) is 46.9 Å². The van der Waals surface area contributed by atoms with E-state index in [1.54, 1.807) is 19.2 Å². The van der Waals surface area contributed by atoms with Crippen molar-refractivity contribution in [3.05, 3.63) is 58.1 Å². The summed E-state index contributed by atoms with van der Waals surface area (Å²) in [7, 11) is 1.60. The Kier molecular flexibility index (Phi) is 11.3. The lowest BCUT2D eigenvalue weighted by atomic mass is 10.1. The first-order chi connectivity index (χ1) is 14.7. The van der Waals surface area contributed by atoms with E-state index in [2.05, 4.69) is 26.1 Å². The van der Waals surface area contributed by atoms with E-state index < -0.39 is 0 Å². The average molecular weight is 514 g/mol. The first kappa shape index (κ1) is 25.6. The van der Waals surface area contributed by atoms with Crippen molar-refractivity contribution in [2.24, 2.45) is 0 Å². The zero-order valence-electron chi connectivity index (χ0n) is 17.8. The topological polar surface area (TPSA) is 60.0 Å². The summed E-state index contributed by atoms with van der Waals surface area (Å²) in [5.74, 6) is 1.07. The second kappa shape index (κ2) is 13.7. The quantitative estimate of drug-likeness (QED) is 0.363. The third-order valence-corrected chi connectivity index (χ3v) is 5.58. The van der Waals surface area contributed by atoms with E-state index in [0.29, 0.717) is 17.1 Å². The van der Waals surface area contributed by atoms with Gasteiger partial charge in [-0.3, -0.25) is 9.69 Å². The van der Waals surface area contributed by atoms with Gasteiger partial charge in [0.15, 0.2) is 23.9 Å². The second-order valence-electron chi connectivity index (χ2n) is 7.17. The predicted octanol–water partition coefficient (Wildman–Crippen LogP) is 3.95. The summed E-state index contributed by atoms with van der Waals surface area (Å²) >= 11 is 3.56. The largest absolute Gasteiger partial charge is 0.493 e. The molecule has 3 rings (SSSR count). The molecule has 1 fully saturated rings. The number of carbonyl (C=O) groups is 1. The van der Waals surface area contributed by atoms with Crippen LogP contribution in [0.5, 0.6) is 11.5 Å². The number of morpholine rings is 1. The van der Waals surface area contributed by atoms with Crippen LogP contribution in [0.2, 0.25) is 0 Å². The molecule has 0 radical (unpaired) electrons. The van der Waals surface area contributed by atoms with Gasteiger partial charge in [-0.25, -0.2) is 0 Å². The molecule has 1 N–H and O–H groups in total. The maximum Gasteiger partial charge on any atom is 0.200 e. The van der Waals surface area contributed by atoms with Crippen molar-refractivity contribution in [3.8, 4) is 11.5 Å². The SMILES string of the molecule is COc1cc(CNCCCN2CCOCC2)cc(Br)c1OCC(=O)c1ccccc1.Cl. The van der Waals surface area contributed by atoms with Gasteiger partial charge in [-0.2, -0.15) is 0 Å². The summed E-state index contributed by atoms with van der Waals surface area (Å²) in [4.78, 5) is 14.7. The zero-order valence-corrected chi connectivity index (χ0v) is 20.2. The molecule has 0 unspecified atom stereocenters. The normalized spacial score (nSPS) is 14.0. The number of carbonyl (C=O) groups excluding carboxylic acids is 1. The molecule has 0 saturated carbocycles. The predicted molar refractivity (Wildman–Crippen MR) is 128 cm³/mol. The smallest absolute Gasteiger partial charge is 0.200 e. The zero-order chi connectivity index (χ0) is 21.2. The van der Waals surface area contributed by atoms with Crippen LogP contribution in [0.3, 0.4) is 0 Å². The van der Waals surface area contributed by atoms with Crippen molar-refractivity contribution in [2.75, 3.05) is 53.1 Å². The second-order valence-corrected chi connectivity index (χ2v) is 8.03. The monoisotopic (exact) mass is 512 g/mol. The van der Waals surface area contributed by atoms with Crippen LogP contribution in [0.4, 0.5) is 0 Å². The van der Waals surface area contributed by atoms with E-state index >= 15 is 0 Å². The lowest BCUT2D eigenvalue weighted by Crippen LogP contribution is -2.37. The number of methoxy groups -OCH3 is 1. The van der Waals surface area contributed by atoms with Gasteiger partial charge in [0.05, 0.1) is 24.8 Å². The number of rotatable bonds is 11. The van der Waals surface area contributed by atoms with E-state index in [9.17, 15) is 4.79 Å². The van der Waals surface area contributed by atoms with Crippen LogP contribution >= 0.6 is 28.3 Å². The van der Waals surface area contributed by atoms with Gasteiger partial charge < -0.3 is 19.5 Å². The van der Waals surface area contributed by atoms with Crippen molar-refractivity contribution in [1.82, 2.24) is 10.2 Å². The van der Waals surface area contributed by atoms with Gasteiger partial charge in [0.2, 0.25) is 0 Å². The Morgan fingerprint density at radius 2 is 1.94 bits per heavy atom. The van der Waals surface area contributed by atoms with Gasteiger partial charge in [-0.1, -0.05) is 30.3 Å². The van der Waals surface area contributed by atoms with Gasteiger partial charge in [0, 0.05) is 25.2 Å². The third kappa shape index (κ3) is 8.09. The highest BCUT2D eigenvalue weighted by molar-refractivity contribution is 9.10. The maximum absolute atomic E-state index is 12.3. The molecule has 0 amide bonds. The highest BCUT2D eigenvalue weighted by Crippen LogP contribution is 2.36. The van der Waals surface area contributed by atoms with Gasteiger partial charge >= 0.3 is 0 Å². The van der Waals surface area contributed by atoms with Crippen molar-refractivity contribution < 1.29 is 19.0 Å². The Hall–Kier alpha value is -1.64. The number of hydrogen-bond donors (Lipinski definition) is 1. The Bertz CT molecular complexity index is 817. The Morgan fingerprint density at radius 3 is 2.65 bits per heavy atom. The Morgan fingerprint density at radius 1 is 1.19 bits per heavy atom. The molecule has 2 aromatic carbocycles. The number of benzene rings is 2. The Labute approximate surface area is 198 Å². The van der Waals surface area contributed by atoms with E-state index in [1.807, 2.05) is 30.3 Å². The maximum atomic E-state index is 12.3. The summed E-state index contributed by atoms with van der Waals surface area (Å²) in [5.41, 5.74) is 1.72. The molecule has 1 saturated heterocycles. The summed E-state index contributed by atoms with van der Waals surface area (Å²) in [6, 6.07) is 13.1. The van der Waals surface area contributed by atoms with Gasteiger partial charge in [0.1, 0.15) is 0 Å². The van der Waals surface area contributed by atoms with E-state index in [0.717, 1.165) is 62.4 Å². The van der Waals surface area contributed by atoms with Crippen LogP contribution in [-0.2, 0) is 11.3 Å². The molecule has 0 atom stereocenters. The fourth-order valence-electron chi connectivity index (χ4n) is 3.35. The van der Waals surface area contributed by atoms with Crippen molar-refractivity contribution in [1.29, 1.82) is 0 Å². The molecular formula is C23H30BrClN2O4. The molecule has 8 heteroatoms. The molecule has 31 heavy (non-hydrogen) atoms. The summed E-state index contributed by atoms with van der Waals surface area (Å²) < 4.78 is 17.4. The summed E-state index contributed by atoms with van der Waals surface area (Å²) in [6.07, 6.45) is 1.10. The van der Waals surface area contributed by atoms with Gasteiger partial charge in [0.25, 0.3) is 0 Å². The number of hydrogen-bond acceptors (Lipinski definition) is 6. The number of ketones is 1. The van der Waals surface area contributed by atoms with Crippen LogP contribution in [0.1, 0.15) is 22.3 Å². The molecule has 170 valence electrons. The number of Topliss-reactive ketones (excluding diaryl/α,β-unsaturated/α-hetero) is 1. The van der Waals surface area contributed by atoms with E-state index in [1.165, 1.54) is 0 Å². The van der Waals surface area contributed by atoms with Crippen LogP contribution in [-0.4, -0.2) is 63.8 Å². The molecule has 1 aliphatic heterocycles. The number of nitrogens with zero attached hydrogens (tertiary/aromatic N) is 1. The number of nitrogens with one attached hydrogen (secondary N) is 1. The fourth-order valence-corrected chi connectivity index (χ4v) is 3.95. The molecule has 0 aromatic heterocycles. The third-order valence-electron chi connectivity index (χ3n) is 4.99. The van der Waals surface area contributed by atoms with Crippen molar-refractivity contribution in [2.45, 2.75) is 13.0 Å². The summed E-state index contributed by atoms with van der Waals surface area (Å²) in [6.45, 7) is 6.46.